The quantitative estimate of drug-likeness (QED) is 0.765. The Morgan fingerprint density at radius 1 is 1.20 bits per heavy atom. The second-order valence-corrected chi connectivity index (χ2v) is 8.67. The van der Waals surface area contributed by atoms with Crippen LogP contribution in [0, 0.1) is 11.8 Å². The first-order chi connectivity index (χ1) is 12.1. The van der Waals surface area contributed by atoms with Crippen molar-refractivity contribution in [1.29, 1.82) is 0 Å². The zero-order valence-electron chi connectivity index (χ0n) is 14.6. The Hall–Kier alpha value is -1.70. The van der Waals surface area contributed by atoms with Crippen LogP contribution in [0.3, 0.4) is 0 Å². The molecule has 1 aliphatic heterocycles. The SMILES string of the molecule is CCC1(CC)CCSc2ccc(C#Cc3ccc(CC(=O)[O-])s3)cc21. The van der Waals surface area contributed by atoms with Gasteiger partial charge >= 0.3 is 0 Å². The Balaban J connectivity index is 1.88. The summed E-state index contributed by atoms with van der Waals surface area (Å²) in [6.07, 6.45) is 3.50. The van der Waals surface area contributed by atoms with Crippen LogP contribution in [0.1, 0.15) is 54.0 Å². The highest BCUT2D eigenvalue weighted by Gasteiger charge is 2.33. The minimum absolute atomic E-state index is 0.0437. The number of hydrogen-bond acceptors (Lipinski definition) is 4. The van der Waals surface area contributed by atoms with Gasteiger partial charge in [-0.05, 0) is 66.3 Å². The van der Waals surface area contributed by atoms with Crippen molar-refractivity contribution in [2.45, 2.75) is 49.8 Å². The zero-order valence-corrected chi connectivity index (χ0v) is 16.2. The lowest BCUT2D eigenvalue weighted by Gasteiger charge is -2.37. The molecule has 1 aromatic heterocycles. The molecule has 3 rings (SSSR count). The summed E-state index contributed by atoms with van der Waals surface area (Å²) < 4.78 is 0. The fourth-order valence-electron chi connectivity index (χ4n) is 3.44. The van der Waals surface area contributed by atoms with E-state index in [1.165, 1.54) is 34.0 Å². The van der Waals surface area contributed by atoms with E-state index in [1.54, 1.807) is 0 Å². The smallest absolute Gasteiger partial charge is 0.0775 e. The Morgan fingerprint density at radius 3 is 2.72 bits per heavy atom. The first-order valence-electron chi connectivity index (χ1n) is 8.64. The fourth-order valence-corrected chi connectivity index (χ4v) is 5.59. The number of hydrogen-bond donors (Lipinski definition) is 0. The highest BCUT2D eigenvalue weighted by Crippen LogP contribution is 2.46. The number of carboxylic acid groups (broad SMARTS) is 1. The van der Waals surface area contributed by atoms with E-state index in [1.807, 2.05) is 23.9 Å². The van der Waals surface area contributed by atoms with Crippen LogP contribution in [-0.2, 0) is 16.6 Å². The van der Waals surface area contributed by atoms with Crippen molar-refractivity contribution in [2.75, 3.05) is 5.75 Å². The van der Waals surface area contributed by atoms with E-state index in [-0.39, 0.29) is 11.8 Å². The van der Waals surface area contributed by atoms with Gasteiger partial charge in [-0.2, -0.15) is 0 Å². The molecule has 0 spiro atoms. The van der Waals surface area contributed by atoms with Gasteiger partial charge in [0, 0.05) is 27.7 Å². The molecule has 0 N–H and O–H groups in total. The van der Waals surface area contributed by atoms with E-state index in [0.29, 0.717) is 0 Å². The maximum Gasteiger partial charge on any atom is 0.0775 e. The summed E-state index contributed by atoms with van der Waals surface area (Å²) in [6.45, 7) is 4.57. The van der Waals surface area contributed by atoms with E-state index in [4.69, 9.17) is 0 Å². The molecule has 4 heteroatoms. The molecule has 0 atom stereocenters. The van der Waals surface area contributed by atoms with Crippen molar-refractivity contribution < 1.29 is 9.90 Å². The summed E-state index contributed by atoms with van der Waals surface area (Å²) in [5.41, 5.74) is 2.76. The van der Waals surface area contributed by atoms with Crippen molar-refractivity contribution in [3.05, 3.63) is 51.2 Å². The molecule has 25 heavy (non-hydrogen) atoms. The maximum absolute atomic E-state index is 10.7. The number of benzene rings is 1. The molecule has 2 heterocycles. The highest BCUT2D eigenvalue weighted by atomic mass is 32.2. The Kier molecular flexibility index (Phi) is 5.56. The van der Waals surface area contributed by atoms with Crippen LogP contribution >= 0.6 is 23.1 Å². The van der Waals surface area contributed by atoms with Crippen molar-refractivity contribution in [1.82, 2.24) is 0 Å². The fraction of sp³-hybridized carbons (Fsp3) is 0.381. The predicted octanol–water partition coefficient (Wildman–Crippen LogP) is 3.99. The van der Waals surface area contributed by atoms with Gasteiger partial charge in [-0.3, -0.25) is 0 Å². The first kappa shape index (κ1) is 18.1. The molecule has 0 amide bonds. The number of carboxylic acids is 1. The maximum atomic E-state index is 10.7. The second-order valence-electron chi connectivity index (χ2n) is 6.36. The van der Waals surface area contributed by atoms with Crippen molar-refractivity contribution >= 4 is 29.1 Å². The molecular formula is C21H21O2S2-. The molecule has 0 unspecified atom stereocenters. The van der Waals surface area contributed by atoms with Crippen LogP contribution in [0.5, 0.6) is 0 Å². The molecular weight excluding hydrogens is 348 g/mol. The highest BCUT2D eigenvalue weighted by molar-refractivity contribution is 7.99. The monoisotopic (exact) mass is 369 g/mol. The van der Waals surface area contributed by atoms with E-state index in [0.717, 1.165) is 28.2 Å². The minimum Gasteiger partial charge on any atom is -0.550 e. The molecule has 0 aliphatic carbocycles. The third-order valence-electron chi connectivity index (χ3n) is 5.05. The number of fused-ring (bicyclic) bond motifs is 1. The normalized spacial score (nSPS) is 15.1. The van der Waals surface area contributed by atoms with Gasteiger partial charge in [-0.15, -0.1) is 23.1 Å². The van der Waals surface area contributed by atoms with Crippen molar-refractivity contribution in [2.24, 2.45) is 0 Å². The molecule has 2 aromatic rings. The lowest BCUT2D eigenvalue weighted by atomic mass is 9.73. The van der Waals surface area contributed by atoms with E-state index in [2.05, 4.69) is 43.9 Å². The number of thiophene rings is 1. The molecule has 1 aromatic carbocycles. The lowest BCUT2D eigenvalue weighted by molar-refractivity contribution is -0.304. The van der Waals surface area contributed by atoms with Crippen LogP contribution in [0.2, 0.25) is 0 Å². The topological polar surface area (TPSA) is 40.1 Å². The third kappa shape index (κ3) is 3.94. The summed E-state index contributed by atoms with van der Waals surface area (Å²) in [6, 6.07) is 10.3. The van der Waals surface area contributed by atoms with Crippen LogP contribution in [0.25, 0.3) is 0 Å². The van der Waals surface area contributed by atoms with Gasteiger partial charge in [0.15, 0.2) is 0 Å². The molecule has 130 valence electrons. The first-order valence-corrected chi connectivity index (χ1v) is 10.4. The summed E-state index contributed by atoms with van der Waals surface area (Å²) >= 11 is 3.37. The standard InChI is InChI=1S/C21H22O2S2/c1-3-21(4-2)11-12-24-19-10-6-15(13-18(19)21)5-7-16-8-9-17(25-16)14-20(22)23/h6,8-10,13H,3-4,11-12,14H2,1-2H3,(H,22,23)/p-1. The van der Waals surface area contributed by atoms with Gasteiger partial charge in [-0.25, -0.2) is 0 Å². The van der Waals surface area contributed by atoms with E-state index in [9.17, 15) is 9.90 Å². The molecule has 0 saturated heterocycles. The molecule has 2 nitrogen and oxygen atoms in total. The average molecular weight is 370 g/mol. The van der Waals surface area contributed by atoms with Gasteiger partial charge in [0.25, 0.3) is 0 Å². The van der Waals surface area contributed by atoms with Crippen molar-refractivity contribution in [3.63, 3.8) is 0 Å². The summed E-state index contributed by atoms with van der Waals surface area (Å²) in [4.78, 5) is 13.7. The largest absolute Gasteiger partial charge is 0.550 e. The summed E-state index contributed by atoms with van der Waals surface area (Å²) in [5, 5.41) is 10.7. The molecule has 0 radical (unpaired) electrons. The van der Waals surface area contributed by atoms with Gasteiger partial charge in [0.2, 0.25) is 0 Å². The minimum atomic E-state index is -1.05. The number of aliphatic carboxylic acids is 1. The number of rotatable bonds is 4. The van der Waals surface area contributed by atoms with Gasteiger partial charge in [0.1, 0.15) is 0 Å². The van der Waals surface area contributed by atoms with Crippen LogP contribution in [-0.4, -0.2) is 11.7 Å². The van der Waals surface area contributed by atoms with E-state index < -0.39 is 5.97 Å². The zero-order chi connectivity index (χ0) is 17.9. The van der Waals surface area contributed by atoms with Crippen LogP contribution in [0.15, 0.2) is 35.2 Å². The molecule has 0 fully saturated rings. The second kappa shape index (κ2) is 7.68. The summed E-state index contributed by atoms with van der Waals surface area (Å²) in [5.74, 6) is 6.56. The Morgan fingerprint density at radius 2 is 2.00 bits per heavy atom. The predicted molar refractivity (Wildman–Crippen MR) is 103 cm³/mol. The van der Waals surface area contributed by atoms with Gasteiger partial charge in [0.05, 0.1) is 4.88 Å². The Labute approximate surface area is 157 Å². The summed E-state index contributed by atoms with van der Waals surface area (Å²) in [7, 11) is 0. The number of thioether (sulfide) groups is 1. The Bertz CT molecular complexity index is 835. The molecule has 0 bridgehead atoms. The third-order valence-corrected chi connectivity index (χ3v) is 7.13. The van der Waals surface area contributed by atoms with Crippen LogP contribution in [0.4, 0.5) is 0 Å². The van der Waals surface area contributed by atoms with E-state index >= 15 is 0 Å². The number of carbonyl (C=O) groups is 1. The van der Waals surface area contributed by atoms with Gasteiger partial charge in [-0.1, -0.05) is 25.7 Å². The molecule has 1 aliphatic rings. The van der Waals surface area contributed by atoms with Crippen LogP contribution < -0.4 is 5.11 Å². The average Bonchev–Trinajstić information content (AvgIpc) is 3.06. The number of carbonyl (C=O) groups excluding carboxylic acids is 1. The molecule has 0 saturated carbocycles. The van der Waals surface area contributed by atoms with Crippen molar-refractivity contribution in [3.8, 4) is 11.8 Å². The van der Waals surface area contributed by atoms with Gasteiger partial charge < -0.3 is 9.90 Å². The lowest BCUT2D eigenvalue weighted by Crippen LogP contribution is -2.28.